The average molecular weight is 198 g/mol. The van der Waals surface area contributed by atoms with Crippen molar-refractivity contribution in [3.63, 3.8) is 0 Å². The van der Waals surface area contributed by atoms with Crippen LogP contribution >= 0.6 is 0 Å². The lowest BCUT2D eigenvalue weighted by Gasteiger charge is -2.42. The summed E-state index contributed by atoms with van der Waals surface area (Å²) >= 11 is 0. The molecule has 2 heterocycles. The molecule has 2 rings (SSSR count). The molecule has 82 valence electrons. The van der Waals surface area contributed by atoms with Crippen LogP contribution in [0.4, 0.5) is 0 Å². The minimum absolute atomic E-state index is 0.226. The summed E-state index contributed by atoms with van der Waals surface area (Å²) in [4.78, 5) is 0. The quantitative estimate of drug-likeness (QED) is 0.707. The molecule has 14 heavy (non-hydrogen) atoms. The van der Waals surface area contributed by atoms with Gasteiger partial charge in [-0.05, 0) is 38.8 Å². The minimum atomic E-state index is 0.226. The Morgan fingerprint density at radius 2 is 2.21 bits per heavy atom. The van der Waals surface area contributed by atoms with Gasteiger partial charge in [-0.1, -0.05) is 6.42 Å². The molecule has 0 aromatic carbocycles. The highest BCUT2D eigenvalue weighted by molar-refractivity contribution is 5.02. The van der Waals surface area contributed by atoms with Crippen LogP contribution in [0.1, 0.15) is 32.1 Å². The van der Waals surface area contributed by atoms with Gasteiger partial charge in [-0.25, -0.2) is 0 Å². The second kappa shape index (κ2) is 4.60. The second-order valence-electron chi connectivity index (χ2n) is 4.62. The van der Waals surface area contributed by atoms with E-state index in [0.29, 0.717) is 6.04 Å². The van der Waals surface area contributed by atoms with Gasteiger partial charge in [-0.15, -0.1) is 0 Å². The van der Waals surface area contributed by atoms with Crippen LogP contribution in [-0.4, -0.2) is 38.4 Å². The van der Waals surface area contributed by atoms with Crippen molar-refractivity contribution in [1.29, 1.82) is 0 Å². The molecule has 0 aromatic rings. The van der Waals surface area contributed by atoms with Crippen molar-refractivity contribution in [2.24, 2.45) is 0 Å². The summed E-state index contributed by atoms with van der Waals surface area (Å²) in [5.41, 5.74) is 0.226. The van der Waals surface area contributed by atoms with Gasteiger partial charge in [0.2, 0.25) is 0 Å². The van der Waals surface area contributed by atoms with E-state index in [1.165, 1.54) is 38.6 Å². The summed E-state index contributed by atoms with van der Waals surface area (Å²) in [5.74, 6) is 0. The molecule has 0 spiro atoms. The molecule has 2 aliphatic rings. The maximum atomic E-state index is 5.39. The van der Waals surface area contributed by atoms with Crippen molar-refractivity contribution < 1.29 is 4.74 Å². The number of nitrogens with one attached hydrogen (secondary N) is 2. The fraction of sp³-hybridized carbons (Fsp3) is 1.00. The number of methoxy groups -OCH3 is 1. The fourth-order valence-electron chi connectivity index (χ4n) is 2.93. The Hall–Kier alpha value is -0.120. The third-order valence-electron chi connectivity index (χ3n) is 3.66. The van der Waals surface area contributed by atoms with E-state index in [0.717, 1.165) is 13.2 Å². The van der Waals surface area contributed by atoms with Gasteiger partial charge >= 0.3 is 0 Å². The predicted octanol–water partition coefficient (Wildman–Crippen LogP) is 0.897. The van der Waals surface area contributed by atoms with Crippen LogP contribution in [0.3, 0.4) is 0 Å². The zero-order valence-corrected chi connectivity index (χ0v) is 9.14. The van der Waals surface area contributed by atoms with Crippen LogP contribution in [0.2, 0.25) is 0 Å². The zero-order valence-electron chi connectivity index (χ0n) is 9.14. The SMILES string of the molecule is COCC1(C2CCCN2)CCCCN1. The molecular weight excluding hydrogens is 176 g/mol. The van der Waals surface area contributed by atoms with E-state index < -0.39 is 0 Å². The summed E-state index contributed by atoms with van der Waals surface area (Å²) in [6.07, 6.45) is 6.54. The van der Waals surface area contributed by atoms with Crippen molar-refractivity contribution >= 4 is 0 Å². The second-order valence-corrected chi connectivity index (χ2v) is 4.62. The first-order valence-corrected chi connectivity index (χ1v) is 5.85. The first-order valence-electron chi connectivity index (χ1n) is 5.85. The molecule has 2 saturated heterocycles. The molecule has 2 atom stereocenters. The first-order chi connectivity index (χ1) is 6.87. The minimum Gasteiger partial charge on any atom is -0.383 e. The van der Waals surface area contributed by atoms with Crippen LogP contribution in [0.25, 0.3) is 0 Å². The molecule has 0 aliphatic carbocycles. The number of hydrogen-bond acceptors (Lipinski definition) is 3. The number of hydrogen-bond donors (Lipinski definition) is 2. The van der Waals surface area contributed by atoms with E-state index in [9.17, 15) is 0 Å². The van der Waals surface area contributed by atoms with Gasteiger partial charge in [0.25, 0.3) is 0 Å². The van der Waals surface area contributed by atoms with Gasteiger partial charge in [0.05, 0.1) is 12.1 Å². The zero-order chi connectivity index (χ0) is 9.86. The van der Waals surface area contributed by atoms with Crippen molar-refractivity contribution in [3.05, 3.63) is 0 Å². The molecule has 0 amide bonds. The van der Waals surface area contributed by atoms with Gasteiger partial charge in [0, 0.05) is 13.2 Å². The third kappa shape index (κ3) is 1.95. The highest BCUT2D eigenvalue weighted by Gasteiger charge is 2.40. The molecule has 0 radical (unpaired) electrons. The number of ether oxygens (including phenoxy) is 1. The van der Waals surface area contributed by atoms with Crippen molar-refractivity contribution in [1.82, 2.24) is 10.6 Å². The topological polar surface area (TPSA) is 33.3 Å². The van der Waals surface area contributed by atoms with E-state index in [-0.39, 0.29) is 5.54 Å². The smallest absolute Gasteiger partial charge is 0.0659 e. The largest absolute Gasteiger partial charge is 0.383 e. The van der Waals surface area contributed by atoms with Gasteiger partial charge in [-0.2, -0.15) is 0 Å². The summed E-state index contributed by atoms with van der Waals surface area (Å²) < 4.78 is 5.39. The Kier molecular flexibility index (Phi) is 3.42. The third-order valence-corrected chi connectivity index (χ3v) is 3.66. The molecule has 2 aliphatic heterocycles. The fourth-order valence-corrected chi connectivity index (χ4v) is 2.93. The molecule has 2 unspecified atom stereocenters. The Morgan fingerprint density at radius 3 is 2.79 bits per heavy atom. The van der Waals surface area contributed by atoms with Crippen molar-refractivity contribution in [2.45, 2.75) is 43.7 Å². The van der Waals surface area contributed by atoms with Crippen LogP contribution in [-0.2, 0) is 4.74 Å². The van der Waals surface area contributed by atoms with Gasteiger partial charge in [0.1, 0.15) is 0 Å². The maximum Gasteiger partial charge on any atom is 0.0659 e. The molecular formula is C11H22N2O. The normalized spacial score (nSPS) is 38.8. The Balaban J connectivity index is 2.02. The highest BCUT2D eigenvalue weighted by Crippen LogP contribution is 2.28. The summed E-state index contributed by atoms with van der Waals surface area (Å²) in [6, 6.07) is 0.628. The molecule has 0 aromatic heterocycles. The van der Waals surface area contributed by atoms with E-state index in [1.807, 2.05) is 7.11 Å². The van der Waals surface area contributed by atoms with Crippen LogP contribution in [0.5, 0.6) is 0 Å². The van der Waals surface area contributed by atoms with Crippen molar-refractivity contribution in [2.75, 3.05) is 26.8 Å². The van der Waals surface area contributed by atoms with Gasteiger partial charge in [-0.3, -0.25) is 0 Å². The average Bonchev–Trinajstić information content (AvgIpc) is 2.73. The van der Waals surface area contributed by atoms with Gasteiger partial charge < -0.3 is 15.4 Å². The lowest BCUT2D eigenvalue weighted by Crippen LogP contribution is -2.62. The molecule has 0 saturated carbocycles. The number of rotatable bonds is 3. The predicted molar refractivity (Wildman–Crippen MR) is 57.5 cm³/mol. The van der Waals surface area contributed by atoms with Crippen LogP contribution in [0.15, 0.2) is 0 Å². The van der Waals surface area contributed by atoms with E-state index in [4.69, 9.17) is 4.74 Å². The number of piperidine rings is 1. The Morgan fingerprint density at radius 1 is 1.29 bits per heavy atom. The lowest BCUT2D eigenvalue weighted by molar-refractivity contribution is 0.0666. The molecule has 2 fully saturated rings. The van der Waals surface area contributed by atoms with Crippen molar-refractivity contribution in [3.8, 4) is 0 Å². The summed E-state index contributed by atoms with van der Waals surface area (Å²) in [7, 11) is 1.81. The van der Waals surface area contributed by atoms with Crippen LogP contribution < -0.4 is 10.6 Å². The molecule has 0 bridgehead atoms. The van der Waals surface area contributed by atoms with E-state index >= 15 is 0 Å². The lowest BCUT2D eigenvalue weighted by atomic mass is 9.82. The molecule has 3 nitrogen and oxygen atoms in total. The van der Waals surface area contributed by atoms with Gasteiger partial charge in [0.15, 0.2) is 0 Å². The first kappa shape index (κ1) is 10.4. The molecule has 2 N–H and O–H groups in total. The van der Waals surface area contributed by atoms with E-state index in [1.54, 1.807) is 0 Å². The summed E-state index contributed by atoms with van der Waals surface area (Å²) in [5, 5.41) is 7.30. The van der Waals surface area contributed by atoms with E-state index in [2.05, 4.69) is 10.6 Å². The highest BCUT2D eigenvalue weighted by atomic mass is 16.5. The Bertz CT molecular complexity index is 167. The maximum absolute atomic E-state index is 5.39. The standard InChI is InChI=1S/C11H22N2O/c1-14-9-11(6-2-3-8-13-11)10-5-4-7-12-10/h10,12-13H,2-9H2,1H3. The van der Waals surface area contributed by atoms with Crippen LogP contribution in [0, 0.1) is 0 Å². The summed E-state index contributed by atoms with van der Waals surface area (Å²) in [6.45, 7) is 3.18. The Labute approximate surface area is 86.6 Å². The molecule has 3 heteroatoms. The monoisotopic (exact) mass is 198 g/mol.